The van der Waals surface area contributed by atoms with E-state index >= 15 is 0 Å². The van der Waals surface area contributed by atoms with Crippen LogP contribution < -0.4 is 0 Å². The average molecular weight is 383 g/mol. The zero-order valence-electron chi connectivity index (χ0n) is 13.7. The predicted molar refractivity (Wildman–Crippen MR) is 96.8 cm³/mol. The van der Waals surface area contributed by atoms with E-state index < -0.39 is 15.8 Å². The van der Waals surface area contributed by atoms with Gasteiger partial charge in [-0.15, -0.1) is 0 Å². The lowest BCUT2D eigenvalue weighted by Gasteiger charge is -2.34. The molecular weight excluding hydrogens is 363 g/mol. The molecule has 2 aromatic rings. The van der Waals surface area contributed by atoms with Gasteiger partial charge in [0.1, 0.15) is 10.7 Å². The summed E-state index contributed by atoms with van der Waals surface area (Å²) in [4.78, 5) is 1.95. The maximum absolute atomic E-state index is 13.8. The van der Waals surface area contributed by atoms with Crippen molar-refractivity contribution in [1.82, 2.24) is 9.21 Å². The van der Waals surface area contributed by atoms with Crippen molar-refractivity contribution >= 4 is 21.6 Å². The van der Waals surface area contributed by atoms with Crippen LogP contribution in [0.4, 0.5) is 4.39 Å². The Balaban J connectivity index is 1.59. The van der Waals surface area contributed by atoms with Gasteiger partial charge < -0.3 is 4.90 Å². The molecule has 1 saturated heterocycles. The fraction of sp³-hybridized carbons (Fsp3) is 0.333. The van der Waals surface area contributed by atoms with Crippen molar-refractivity contribution < 1.29 is 12.8 Å². The fourth-order valence-electron chi connectivity index (χ4n) is 2.97. The Morgan fingerprint density at radius 1 is 0.960 bits per heavy atom. The lowest BCUT2D eigenvalue weighted by atomic mass is 10.1. The van der Waals surface area contributed by atoms with Gasteiger partial charge >= 0.3 is 0 Å². The standard InChI is InChI=1S/C18H20ClFN2O2S/c19-16-6-2-1-5-15(16)9-10-21-11-13-22(14-12-21)25(23,24)18-8-4-3-7-17(18)20/h1-8H,9-14H2. The molecule has 0 atom stereocenters. The van der Waals surface area contributed by atoms with Crippen LogP contribution in [0.3, 0.4) is 0 Å². The van der Waals surface area contributed by atoms with Gasteiger partial charge in [0.2, 0.25) is 10.0 Å². The van der Waals surface area contributed by atoms with Gasteiger partial charge in [-0.2, -0.15) is 4.31 Å². The highest BCUT2D eigenvalue weighted by Gasteiger charge is 2.30. The third-order valence-corrected chi connectivity index (χ3v) is 6.74. The molecule has 0 amide bonds. The number of benzene rings is 2. The highest BCUT2D eigenvalue weighted by molar-refractivity contribution is 7.89. The van der Waals surface area contributed by atoms with E-state index in [1.54, 1.807) is 0 Å². The van der Waals surface area contributed by atoms with Crippen LogP contribution in [0.2, 0.25) is 5.02 Å². The van der Waals surface area contributed by atoms with Crippen LogP contribution in [0.15, 0.2) is 53.4 Å². The Kier molecular flexibility index (Phi) is 5.74. The van der Waals surface area contributed by atoms with Crippen LogP contribution in [0.1, 0.15) is 5.56 Å². The fourth-order valence-corrected chi connectivity index (χ4v) is 4.68. The van der Waals surface area contributed by atoms with Crippen LogP contribution in [-0.4, -0.2) is 50.3 Å². The van der Waals surface area contributed by atoms with E-state index in [0.717, 1.165) is 23.6 Å². The summed E-state index contributed by atoms with van der Waals surface area (Å²) >= 11 is 6.17. The predicted octanol–water partition coefficient (Wildman–Crippen LogP) is 3.03. The van der Waals surface area contributed by atoms with Crippen molar-refractivity contribution in [3.63, 3.8) is 0 Å². The second-order valence-corrected chi connectivity index (χ2v) is 8.33. The zero-order chi connectivity index (χ0) is 17.9. The van der Waals surface area contributed by atoms with Crippen LogP contribution >= 0.6 is 11.6 Å². The normalized spacial score (nSPS) is 16.9. The van der Waals surface area contributed by atoms with Gasteiger partial charge in [-0.3, -0.25) is 0 Å². The largest absolute Gasteiger partial charge is 0.300 e. The molecule has 0 unspecified atom stereocenters. The Labute approximate surface area is 152 Å². The third-order valence-electron chi connectivity index (χ3n) is 4.44. The van der Waals surface area contributed by atoms with E-state index in [1.165, 1.54) is 28.6 Å². The number of sulfonamides is 1. The van der Waals surface area contributed by atoms with Gasteiger partial charge in [0.25, 0.3) is 0 Å². The van der Waals surface area contributed by atoms with Crippen LogP contribution in [0.5, 0.6) is 0 Å². The first kappa shape index (κ1) is 18.3. The molecule has 1 aliphatic heterocycles. The monoisotopic (exact) mass is 382 g/mol. The van der Waals surface area contributed by atoms with Crippen LogP contribution in [0.25, 0.3) is 0 Å². The molecule has 3 rings (SSSR count). The molecule has 0 aliphatic carbocycles. The van der Waals surface area contributed by atoms with Gasteiger partial charge in [-0.25, -0.2) is 12.8 Å². The second kappa shape index (κ2) is 7.83. The molecule has 1 aliphatic rings. The number of hydrogen-bond acceptors (Lipinski definition) is 3. The number of halogens is 2. The molecule has 0 saturated carbocycles. The first-order chi connectivity index (χ1) is 12.0. The molecule has 7 heteroatoms. The molecule has 25 heavy (non-hydrogen) atoms. The summed E-state index contributed by atoms with van der Waals surface area (Å²) in [6.45, 7) is 2.78. The number of nitrogens with zero attached hydrogens (tertiary/aromatic N) is 2. The summed E-state index contributed by atoms with van der Waals surface area (Å²) < 4.78 is 40.4. The van der Waals surface area contributed by atoms with Gasteiger partial charge in [-0.05, 0) is 30.2 Å². The SMILES string of the molecule is O=S(=O)(c1ccccc1F)N1CCN(CCc2ccccc2Cl)CC1. The molecule has 2 aromatic carbocycles. The van der Waals surface area contributed by atoms with Gasteiger partial charge in [-0.1, -0.05) is 41.9 Å². The van der Waals surface area contributed by atoms with E-state index in [0.29, 0.717) is 26.2 Å². The summed E-state index contributed by atoms with van der Waals surface area (Å²) in [5.41, 5.74) is 1.09. The molecule has 0 spiro atoms. The van der Waals surface area contributed by atoms with Crippen LogP contribution in [0, 0.1) is 5.82 Å². The van der Waals surface area contributed by atoms with Crippen molar-refractivity contribution in [2.45, 2.75) is 11.3 Å². The summed E-state index contributed by atoms with van der Waals surface area (Å²) in [6.07, 6.45) is 0.819. The summed E-state index contributed by atoms with van der Waals surface area (Å²) in [5.74, 6) is -0.705. The van der Waals surface area contributed by atoms with E-state index in [1.807, 2.05) is 24.3 Å². The van der Waals surface area contributed by atoms with E-state index in [-0.39, 0.29) is 4.90 Å². The minimum atomic E-state index is -3.78. The van der Waals surface area contributed by atoms with E-state index in [4.69, 9.17) is 11.6 Å². The maximum atomic E-state index is 13.8. The smallest absolute Gasteiger partial charge is 0.246 e. The van der Waals surface area contributed by atoms with Gasteiger partial charge in [0, 0.05) is 37.7 Å². The van der Waals surface area contributed by atoms with Crippen molar-refractivity contribution in [3.8, 4) is 0 Å². The molecule has 1 heterocycles. The molecule has 1 fully saturated rings. The molecular formula is C18H20ClFN2O2S. The summed E-state index contributed by atoms with van der Waals surface area (Å²) in [7, 11) is -3.78. The topological polar surface area (TPSA) is 40.6 Å². The first-order valence-corrected chi connectivity index (χ1v) is 10.0. The molecule has 0 radical (unpaired) electrons. The van der Waals surface area contributed by atoms with E-state index in [9.17, 15) is 12.8 Å². The lowest BCUT2D eigenvalue weighted by Crippen LogP contribution is -2.49. The molecule has 134 valence electrons. The number of hydrogen-bond donors (Lipinski definition) is 0. The maximum Gasteiger partial charge on any atom is 0.246 e. The molecule has 4 nitrogen and oxygen atoms in total. The lowest BCUT2D eigenvalue weighted by molar-refractivity contribution is 0.190. The quantitative estimate of drug-likeness (QED) is 0.798. The minimum absolute atomic E-state index is 0.250. The Hall–Kier alpha value is -1.47. The Morgan fingerprint density at radius 3 is 2.28 bits per heavy atom. The van der Waals surface area contributed by atoms with Gasteiger partial charge in [0.15, 0.2) is 0 Å². The molecule has 0 bridgehead atoms. The number of rotatable bonds is 5. The average Bonchev–Trinajstić information content (AvgIpc) is 2.61. The van der Waals surface area contributed by atoms with Gasteiger partial charge in [0.05, 0.1) is 0 Å². The first-order valence-electron chi connectivity index (χ1n) is 8.19. The van der Waals surface area contributed by atoms with Crippen molar-refractivity contribution in [1.29, 1.82) is 0 Å². The van der Waals surface area contributed by atoms with Crippen molar-refractivity contribution in [2.24, 2.45) is 0 Å². The Morgan fingerprint density at radius 2 is 1.60 bits per heavy atom. The summed E-state index contributed by atoms with van der Waals surface area (Å²) in [6, 6.07) is 13.2. The number of piperazine rings is 1. The zero-order valence-corrected chi connectivity index (χ0v) is 15.3. The molecule has 0 aromatic heterocycles. The van der Waals surface area contributed by atoms with Crippen molar-refractivity contribution in [2.75, 3.05) is 32.7 Å². The molecule has 0 N–H and O–H groups in total. The summed E-state index contributed by atoms with van der Waals surface area (Å²) in [5, 5.41) is 0.753. The van der Waals surface area contributed by atoms with Crippen molar-refractivity contribution in [3.05, 3.63) is 64.9 Å². The second-order valence-electron chi connectivity index (χ2n) is 6.02. The van der Waals surface area contributed by atoms with E-state index in [2.05, 4.69) is 4.90 Å². The highest BCUT2D eigenvalue weighted by Crippen LogP contribution is 2.21. The minimum Gasteiger partial charge on any atom is -0.300 e. The van der Waals surface area contributed by atoms with Crippen LogP contribution in [-0.2, 0) is 16.4 Å². The Bertz CT molecular complexity index is 836. The highest BCUT2D eigenvalue weighted by atomic mass is 35.5. The third kappa shape index (κ3) is 4.20.